The number of thiophene rings is 1. The molecule has 116 valence electrons. The van der Waals surface area contributed by atoms with Crippen LogP contribution in [0.1, 0.15) is 29.0 Å². The molecule has 7 nitrogen and oxygen atoms in total. The van der Waals surface area contributed by atoms with Gasteiger partial charge in [0.05, 0.1) is 13.7 Å². The van der Waals surface area contributed by atoms with Gasteiger partial charge < -0.3 is 15.0 Å². The van der Waals surface area contributed by atoms with Crippen LogP contribution >= 0.6 is 11.3 Å². The van der Waals surface area contributed by atoms with E-state index in [1.807, 2.05) is 5.38 Å². The number of carbonyl (C=O) groups is 1. The van der Waals surface area contributed by atoms with Crippen LogP contribution in [-0.4, -0.2) is 41.1 Å². The van der Waals surface area contributed by atoms with Crippen LogP contribution in [-0.2, 0) is 6.54 Å². The van der Waals surface area contributed by atoms with Crippen LogP contribution in [0.3, 0.4) is 0 Å². The summed E-state index contributed by atoms with van der Waals surface area (Å²) in [6, 6.07) is 2.06. The van der Waals surface area contributed by atoms with Gasteiger partial charge in [-0.15, -0.1) is 0 Å². The molecule has 0 atom stereocenters. The van der Waals surface area contributed by atoms with Crippen LogP contribution < -0.4 is 15.0 Å². The maximum Gasteiger partial charge on any atom is 0.321 e. The quantitative estimate of drug-likeness (QED) is 0.899. The minimum atomic E-state index is -0.136. The van der Waals surface area contributed by atoms with E-state index < -0.39 is 0 Å². The first-order valence-electron chi connectivity index (χ1n) is 7.10. The maximum absolute atomic E-state index is 12.0. The Labute approximate surface area is 132 Å². The zero-order valence-electron chi connectivity index (χ0n) is 12.3. The summed E-state index contributed by atoms with van der Waals surface area (Å²) in [7, 11) is 1.52. The molecule has 0 bridgehead atoms. The van der Waals surface area contributed by atoms with Crippen LogP contribution in [0.5, 0.6) is 6.01 Å². The van der Waals surface area contributed by atoms with Gasteiger partial charge in [0.1, 0.15) is 0 Å². The summed E-state index contributed by atoms with van der Waals surface area (Å²) >= 11 is 1.49. The van der Waals surface area contributed by atoms with E-state index in [2.05, 4.69) is 25.2 Å². The second-order valence-electron chi connectivity index (χ2n) is 4.93. The molecule has 22 heavy (non-hydrogen) atoms. The molecule has 0 aliphatic carbocycles. The third kappa shape index (κ3) is 3.33. The molecule has 1 saturated heterocycles. The number of methoxy groups -OCH3 is 1. The fourth-order valence-corrected chi connectivity index (χ4v) is 2.91. The highest BCUT2D eigenvalue weighted by Gasteiger charge is 2.18. The van der Waals surface area contributed by atoms with Crippen molar-refractivity contribution in [3.63, 3.8) is 0 Å². The van der Waals surface area contributed by atoms with Crippen LogP contribution in [0.15, 0.2) is 16.8 Å². The lowest BCUT2D eigenvalue weighted by Crippen LogP contribution is -2.26. The molecule has 0 aromatic carbocycles. The molecular weight excluding hydrogens is 302 g/mol. The lowest BCUT2D eigenvalue weighted by atomic mass is 10.3. The van der Waals surface area contributed by atoms with Crippen molar-refractivity contribution in [3.05, 3.63) is 28.2 Å². The van der Waals surface area contributed by atoms with Gasteiger partial charge >= 0.3 is 6.01 Å². The zero-order valence-corrected chi connectivity index (χ0v) is 13.1. The molecule has 8 heteroatoms. The Kier molecular flexibility index (Phi) is 4.47. The Morgan fingerprint density at radius 2 is 2.18 bits per heavy atom. The van der Waals surface area contributed by atoms with E-state index in [0.29, 0.717) is 17.3 Å². The molecule has 3 heterocycles. The van der Waals surface area contributed by atoms with Gasteiger partial charge in [0, 0.05) is 24.0 Å². The predicted molar refractivity (Wildman–Crippen MR) is 83.3 cm³/mol. The van der Waals surface area contributed by atoms with Gasteiger partial charge in [-0.2, -0.15) is 26.3 Å². The molecule has 0 unspecified atom stereocenters. The van der Waals surface area contributed by atoms with E-state index in [-0.39, 0.29) is 18.5 Å². The zero-order chi connectivity index (χ0) is 15.4. The molecule has 1 aliphatic heterocycles. The van der Waals surface area contributed by atoms with E-state index in [9.17, 15) is 4.79 Å². The molecular formula is C14H17N5O2S. The minimum absolute atomic E-state index is 0.136. The Morgan fingerprint density at radius 3 is 2.86 bits per heavy atom. The smallest absolute Gasteiger partial charge is 0.321 e. The molecule has 1 N–H and O–H groups in total. The molecule has 1 fully saturated rings. The van der Waals surface area contributed by atoms with Crippen molar-refractivity contribution in [1.29, 1.82) is 0 Å². The molecule has 2 aromatic heterocycles. The van der Waals surface area contributed by atoms with Crippen molar-refractivity contribution in [2.24, 2.45) is 0 Å². The second-order valence-corrected chi connectivity index (χ2v) is 5.71. The third-order valence-corrected chi connectivity index (χ3v) is 4.09. The summed E-state index contributed by atoms with van der Waals surface area (Å²) in [5.41, 5.74) is 0.644. The number of rotatable bonds is 5. The van der Waals surface area contributed by atoms with E-state index >= 15 is 0 Å². The standard InChI is InChI=1S/C14H17N5O2S/c1-21-14-17-11(8-15-12(20)10-4-7-22-9-10)16-13(18-14)19-5-2-3-6-19/h4,7,9H,2-3,5-6,8H2,1H3,(H,15,20). The fourth-order valence-electron chi connectivity index (χ4n) is 2.27. The first-order valence-corrected chi connectivity index (χ1v) is 8.05. The van der Waals surface area contributed by atoms with Gasteiger partial charge in [0.25, 0.3) is 5.91 Å². The average Bonchev–Trinajstić information content (AvgIpc) is 3.24. The number of nitrogens with one attached hydrogen (secondary N) is 1. The van der Waals surface area contributed by atoms with Crippen molar-refractivity contribution < 1.29 is 9.53 Å². The SMILES string of the molecule is COc1nc(CNC(=O)c2ccsc2)nc(N2CCCC2)n1. The second kappa shape index (κ2) is 6.69. The number of aromatic nitrogens is 3. The molecule has 1 amide bonds. The topological polar surface area (TPSA) is 80.2 Å². The number of anilines is 1. The molecule has 0 saturated carbocycles. The highest BCUT2D eigenvalue weighted by atomic mass is 32.1. The van der Waals surface area contributed by atoms with Gasteiger partial charge in [-0.3, -0.25) is 4.79 Å². The van der Waals surface area contributed by atoms with Crippen molar-refractivity contribution in [1.82, 2.24) is 20.3 Å². The van der Waals surface area contributed by atoms with Crippen LogP contribution in [0.4, 0.5) is 5.95 Å². The molecule has 3 rings (SSSR count). The predicted octanol–water partition coefficient (Wildman–Crippen LogP) is 1.47. The van der Waals surface area contributed by atoms with E-state index in [4.69, 9.17) is 4.74 Å². The Balaban J connectivity index is 1.72. The van der Waals surface area contributed by atoms with E-state index in [1.165, 1.54) is 18.4 Å². The Morgan fingerprint density at radius 1 is 1.36 bits per heavy atom. The van der Waals surface area contributed by atoms with Gasteiger partial charge in [0.2, 0.25) is 5.95 Å². The maximum atomic E-state index is 12.0. The fraction of sp³-hybridized carbons (Fsp3) is 0.429. The summed E-state index contributed by atoms with van der Waals surface area (Å²) in [6.45, 7) is 2.12. The first kappa shape index (κ1) is 14.7. The summed E-state index contributed by atoms with van der Waals surface area (Å²) in [5.74, 6) is 0.977. The highest BCUT2D eigenvalue weighted by Crippen LogP contribution is 2.17. The highest BCUT2D eigenvalue weighted by molar-refractivity contribution is 7.08. The Hall–Kier alpha value is -2.22. The van der Waals surface area contributed by atoms with Crippen LogP contribution in [0.25, 0.3) is 0 Å². The minimum Gasteiger partial charge on any atom is -0.467 e. The largest absolute Gasteiger partial charge is 0.467 e. The Bertz CT molecular complexity index is 641. The van der Waals surface area contributed by atoms with Crippen molar-refractivity contribution in [2.75, 3.05) is 25.1 Å². The van der Waals surface area contributed by atoms with Gasteiger partial charge in [-0.1, -0.05) is 0 Å². The van der Waals surface area contributed by atoms with Crippen LogP contribution in [0.2, 0.25) is 0 Å². The summed E-state index contributed by atoms with van der Waals surface area (Å²) < 4.78 is 5.13. The number of carbonyl (C=O) groups excluding carboxylic acids is 1. The molecule has 2 aromatic rings. The number of amides is 1. The number of ether oxygens (including phenoxy) is 1. The van der Waals surface area contributed by atoms with Crippen LogP contribution in [0, 0.1) is 0 Å². The molecule has 1 aliphatic rings. The summed E-state index contributed by atoms with van der Waals surface area (Å²) in [5, 5.41) is 6.48. The lowest BCUT2D eigenvalue weighted by Gasteiger charge is -2.16. The monoisotopic (exact) mass is 319 g/mol. The van der Waals surface area contributed by atoms with Gasteiger partial charge in [-0.25, -0.2) is 0 Å². The number of nitrogens with zero attached hydrogens (tertiary/aromatic N) is 4. The average molecular weight is 319 g/mol. The number of hydrogen-bond acceptors (Lipinski definition) is 7. The summed E-state index contributed by atoms with van der Waals surface area (Å²) in [6.07, 6.45) is 2.27. The third-order valence-electron chi connectivity index (χ3n) is 3.41. The lowest BCUT2D eigenvalue weighted by molar-refractivity contribution is 0.0950. The number of hydrogen-bond donors (Lipinski definition) is 1. The molecule has 0 radical (unpaired) electrons. The normalized spacial score (nSPS) is 14.1. The molecule has 0 spiro atoms. The van der Waals surface area contributed by atoms with Crippen molar-refractivity contribution in [3.8, 4) is 6.01 Å². The first-order chi connectivity index (χ1) is 10.8. The van der Waals surface area contributed by atoms with E-state index in [1.54, 1.807) is 11.4 Å². The van der Waals surface area contributed by atoms with Crippen molar-refractivity contribution in [2.45, 2.75) is 19.4 Å². The van der Waals surface area contributed by atoms with Gasteiger partial charge in [-0.05, 0) is 24.3 Å². The van der Waals surface area contributed by atoms with E-state index in [0.717, 1.165) is 25.9 Å². The van der Waals surface area contributed by atoms with Gasteiger partial charge in [0.15, 0.2) is 5.82 Å². The summed E-state index contributed by atoms with van der Waals surface area (Å²) in [4.78, 5) is 27.0. The van der Waals surface area contributed by atoms with Crippen molar-refractivity contribution >= 4 is 23.2 Å².